The SMILES string of the molecule is O=[N+]([O-])c1ccc(C#Cc2ccccc2)c(O)c1. The minimum Gasteiger partial charge on any atom is -0.506 e. The third kappa shape index (κ3) is 2.66. The first kappa shape index (κ1) is 11.7. The van der Waals surface area contributed by atoms with Crippen molar-refractivity contribution in [1.29, 1.82) is 0 Å². The largest absolute Gasteiger partial charge is 0.506 e. The van der Waals surface area contributed by atoms with Gasteiger partial charge in [-0.05, 0) is 18.2 Å². The summed E-state index contributed by atoms with van der Waals surface area (Å²) < 4.78 is 0. The van der Waals surface area contributed by atoms with E-state index >= 15 is 0 Å². The highest BCUT2D eigenvalue weighted by molar-refractivity contribution is 5.53. The molecule has 0 amide bonds. The highest BCUT2D eigenvalue weighted by atomic mass is 16.6. The summed E-state index contributed by atoms with van der Waals surface area (Å²) in [6.07, 6.45) is 0. The van der Waals surface area contributed by atoms with Crippen LogP contribution in [0.25, 0.3) is 0 Å². The van der Waals surface area contributed by atoms with Gasteiger partial charge in [0.25, 0.3) is 5.69 Å². The van der Waals surface area contributed by atoms with Crippen LogP contribution in [0.3, 0.4) is 0 Å². The number of nitro groups is 1. The number of nitro benzene ring substituents is 1. The molecule has 0 fully saturated rings. The maximum Gasteiger partial charge on any atom is 0.273 e. The van der Waals surface area contributed by atoms with E-state index in [1.54, 1.807) is 0 Å². The van der Waals surface area contributed by atoms with E-state index in [1.165, 1.54) is 12.1 Å². The summed E-state index contributed by atoms with van der Waals surface area (Å²) in [7, 11) is 0. The van der Waals surface area contributed by atoms with Crippen LogP contribution in [-0.2, 0) is 0 Å². The molecule has 4 heteroatoms. The van der Waals surface area contributed by atoms with Crippen LogP contribution in [-0.4, -0.2) is 10.0 Å². The molecule has 2 aromatic rings. The van der Waals surface area contributed by atoms with E-state index in [4.69, 9.17) is 0 Å². The Bertz CT molecular complexity index is 639. The molecule has 0 aliphatic heterocycles. The molecule has 0 aliphatic carbocycles. The Morgan fingerprint density at radius 1 is 1.06 bits per heavy atom. The molecule has 0 saturated carbocycles. The van der Waals surface area contributed by atoms with Crippen molar-refractivity contribution in [3.63, 3.8) is 0 Å². The van der Waals surface area contributed by atoms with Gasteiger partial charge in [-0.25, -0.2) is 0 Å². The first-order valence-electron chi connectivity index (χ1n) is 5.21. The summed E-state index contributed by atoms with van der Waals surface area (Å²) >= 11 is 0. The van der Waals surface area contributed by atoms with Gasteiger partial charge in [-0.15, -0.1) is 0 Å². The Morgan fingerprint density at radius 2 is 1.78 bits per heavy atom. The second-order valence-electron chi connectivity index (χ2n) is 3.57. The Morgan fingerprint density at radius 3 is 2.39 bits per heavy atom. The first-order valence-corrected chi connectivity index (χ1v) is 5.21. The van der Waals surface area contributed by atoms with E-state index in [0.29, 0.717) is 5.56 Å². The summed E-state index contributed by atoms with van der Waals surface area (Å²) in [6.45, 7) is 0. The van der Waals surface area contributed by atoms with E-state index in [1.807, 2.05) is 30.3 Å². The van der Waals surface area contributed by atoms with Gasteiger partial charge in [0.15, 0.2) is 0 Å². The van der Waals surface area contributed by atoms with Crippen LogP contribution in [0.5, 0.6) is 5.75 Å². The van der Waals surface area contributed by atoms with Crippen LogP contribution in [0.4, 0.5) is 5.69 Å². The van der Waals surface area contributed by atoms with E-state index in [-0.39, 0.29) is 11.4 Å². The van der Waals surface area contributed by atoms with Gasteiger partial charge in [0.1, 0.15) is 5.75 Å². The van der Waals surface area contributed by atoms with E-state index in [0.717, 1.165) is 11.6 Å². The van der Waals surface area contributed by atoms with Crippen LogP contribution in [0.15, 0.2) is 48.5 Å². The summed E-state index contributed by atoms with van der Waals surface area (Å²) in [5, 5.41) is 20.1. The van der Waals surface area contributed by atoms with Gasteiger partial charge in [0.05, 0.1) is 16.6 Å². The second-order valence-corrected chi connectivity index (χ2v) is 3.57. The molecule has 0 aromatic heterocycles. The minimum atomic E-state index is -0.561. The fraction of sp³-hybridized carbons (Fsp3) is 0. The lowest BCUT2D eigenvalue weighted by molar-refractivity contribution is -0.384. The fourth-order valence-electron chi connectivity index (χ4n) is 1.40. The number of phenolic OH excluding ortho intramolecular Hbond substituents is 1. The summed E-state index contributed by atoms with van der Waals surface area (Å²) in [5.41, 5.74) is 1.03. The van der Waals surface area contributed by atoms with E-state index < -0.39 is 4.92 Å². The molecule has 4 nitrogen and oxygen atoms in total. The third-order valence-electron chi connectivity index (χ3n) is 2.31. The number of hydrogen-bond donors (Lipinski definition) is 1. The lowest BCUT2D eigenvalue weighted by Crippen LogP contribution is -1.88. The predicted octanol–water partition coefficient (Wildman–Crippen LogP) is 2.70. The summed E-state index contributed by atoms with van der Waals surface area (Å²) in [6, 6.07) is 13.1. The molecule has 0 aliphatic rings. The molecule has 0 bridgehead atoms. The van der Waals surface area contributed by atoms with Crippen LogP contribution in [0.2, 0.25) is 0 Å². The fourth-order valence-corrected chi connectivity index (χ4v) is 1.40. The minimum absolute atomic E-state index is 0.155. The molecule has 0 radical (unpaired) electrons. The zero-order chi connectivity index (χ0) is 13.0. The molecule has 2 aromatic carbocycles. The van der Waals surface area contributed by atoms with Gasteiger partial charge < -0.3 is 5.11 Å². The van der Waals surface area contributed by atoms with Crippen molar-refractivity contribution in [3.05, 3.63) is 69.8 Å². The van der Waals surface area contributed by atoms with Crippen LogP contribution >= 0.6 is 0 Å². The monoisotopic (exact) mass is 239 g/mol. The van der Waals surface area contributed by atoms with Crippen molar-refractivity contribution in [2.75, 3.05) is 0 Å². The predicted molar refractivity (Wildman–Crippen MR) is 67.2 cm³/mol. The number of benzene rings is 2. The molecular weight excluding hydrogens is 230 g/mol. The Balaban J connectivity index is 2.31. The number of phenols is 1. The molecular formula is C14H9NO3. The second kappa shape index (κ2) is 5.02. The molecule has 88 valence electrons. The molecule has 0 spiro atoms. The topological polar surface area (TPSA) is 63.4 Å². The van der Waals surface area contributed by atoms with Crippen LogP contribution in [0, 0.1) is 22.0 Å². The molecule has 1 N–H and O–H groups in total. The number of hydrogen-bond acceptors (Lipinski definition) is 3. The van der Waals surface area contributed by atoms with Crippen molar-refractivity contribution >= 4 is 5.69 Å². The lowest BCUT2D eigenvalue weighted by Gasteiger charge is -1.96. The van der Waals surface area contributed by atoms with Gasteiger partial charge in [0.2, 0.25) is 0 Å². The zero-order valence-corrected chi connectivity index (χ0v) is 9.33. The van der Waals surface area contributed by atoms with Gasteiger partial charge in [-0.2, -0.15) is 0 Å². The van der Waals surface area contributed by atoms with Crippen LogP contribution < -0.4 is 0 Å². The summed E-state index contributed by atoms with van der Waals surface area (Å²) in [4.78, 5) is 9.94. The van der Waals surface area contributed by atoms with E-state index in [9.17, 15) is 15.2 Å². The Kier molecular flexibility index (Phi) is 3.26. The molecule has 0 saturated heterocycles. The Labute approximate surface area is 104 Å². The van der Waals surface area contributed by atoms with E-state index in [2.05, 4.69) is 11.8 Å². The van der Waals surface area contributed by atoms with Gasteiger partial charge >= 0.3 is 0 Å². The number of rotatable bonds is 1. The molecule has 2 rings (SSSR count). The van der Waals surface area contributed by atoms with Gasteiger partial charge in [-0.1, -0.05) is 30.0 Å². The van der Waals surface area contributed by atoms with Crippen molar-refractivity contribution in [2.45, 2.75) is 0 Å². The quantitative estimate of drug-likeness (QED) is 0.472. The number of nitrogens with zero attached hydrogens (tertiary/aromatic N) is 1. The highest BCUT2D eigenvalue weighted by Gasteiger charge is 2.08. The average molecular weight is 239 g/mol. The van der Waals surface area contributed by atoms with Crippen molar-refractivity contribution in [3.8, 4) is 17.6 Å². The zero-order valence-electron chi connectivity index (χ0n) is 9.33. The standard InChI is InChI=1S/C14H9NO3/c16-14-10-13(15(17)18)9-8-12(14)7-6-11-4-2-1-3-5-11/h1-5,8-10,16H. The summed E-state index contributed by atoms with van der Waals surface area (Å²) in [5.74, 6) is 5.46. The van der Waals surface area contributed by atoms with Gasteiger partial charge in [0, 0.05) is 11.6 Å². The maximum atomic E-state index is 10.5. The number of aromatic hydroxyl groups is 1. The molecule has 0 unspecified atom stereocenters. The van der Waals surface area contributed by atoms with Crippen molar-refractivity contribution in [1.82, 2.24) is 0 Å². The van der Waals surface area contributed by atoms with Gasteiger partial charge in [-0.3, -0.25) is 10.1 Å². The lowest BCUT2D eigenvalue weighted by atomic mass is 10.1. The maximum absolute atomic E-state index is 10.5. The molecule has 0 heterocycles. The Hall–Kier alpha value is -2.80. The van der Waals surface area contributed by atoms with Crippen molar-refractivity contribution in [2.24, 2.45) is 0 Å². The van der Waals surface area contributed by atoms with Crippen LogP contribution in [0.1, 0.15) is 11.1 Å². The number of non-ortho nitro benzene ring substituents is 1. The van der Waals surface area contributed by atoms with Crippen molar-refractivity contribution < 1.29 is 10.0 Å². The first-order chi connectivity index (χ1) is 8.66. The normalized spacial score (nSPS) is 9.33. The molecule has 0 atom stereocenters. The average Bonchev–Trinajstić information content (AvgIpc) is 2.38. The highest BCUT2D eigenvalue weighted by Crippen LogP contribution is 2.22. The smallest absolute Gasteiger partial charge is 0.273 e. The molecule has 18 heavy (non-hydrogen) atoms. The third-order valence-corrected chi connectivity index (χ3v) is 2.31.